The van der Waals surface area contributed by atoms with Gasteiger partial charge in [0.2, 0.25) is 5.88 Å². The first-order valence-corrected chi connectivity index (χ1v) is 9.62. The Balaban J connectivity index is 1.93. The van der Waals surface area contributed by atoms with Crippen molar-refractivity contribution in [2.75, 3.05) is 6.26 Å². The maximum atomic E-state index is 11.7. The van der Waals surface area contributed by atoms with Gasteiger partial charge in [-0.1, -0.05) is 12.1 Å². The molecule has 1 aromatic carbocycles. The molecule has 2 N–H and O–H groups in total. The first-order chi connectivity index (χ1) is 12.4. The van der Waals surface area contributed by atoms with Crippen molar-refractivity contribution in [2.24, 2.45) is 5.73 Å². The molecule has 8 heteroatoms. The Bertz CT molecular complexity index is 1200. The van der Waals surface area contributed by atoms with Crippen LogP contribution in [-0.4, -0.2) is 24.1 Å². The molecule has 0 radical (unpaired) electrons. The van der Waals surface area contributed by atoms with E-state index >= 15 is 0 Å². The number of hydrogen-bond donors (Lipinski definition) is 1. The van der Waals surface area contributed by atoms with Gasteiger partial charge >= 0.3 is 0 Å². The fourth-order valence-corrected chi connectivity index (χ4v) is 3.77. The number of nitrogens with two attached hydrogens (primary N) is 1. The average Bonchev–Trinajstić information content (AvgIpc) is 3.09. The second-order valence-electron chi connectivity index (χ2n) is 6.02. The van der Waals surface area contributed by atoms with Crippen LogP contribution in [0.1, 0.15) is 17.0 Å². The van der Waals surface area contributed by atoms with Gasteiger partial charge in [0, 0.05) is 30.4 Å². The number of hydrogen-bond acceptors (Lipinski definition) is 6. The molecule has 0 saturated carbocycles. The third-order valence-corrected chi connectivity index (χ3v) is 5.52. The zero-order valence-electron chi connectivity index (χ0n) is 13.7. The van der Waals surface area contributed by atoms with Crippen molar-refractivity contribution in [1.82, 2.24) is 9.38 Å². The van der Waals surface area contributed by atoms with E-state index in [4.69, 9.17) is 10.5 Å². The molecule has 7 nitrogen and oxygen atoms in total. The summed E-state index contributed by atoms with van der Waals surface area (Å²) in [6.45, 7) is 0. The number of nitrogens with zero attached hydrogens (tertiary/aromatic N) is 3. The molecule has 130 valence electrons. The van der Waals surface area contributed by atoms with Crippen molar-refractivity contribution >= 4 is 15.5 Å². The number of fused-ring (bicyclic) bond motifs is 3. The summed E-state index contributed by atoms with van der Waals surface area (Å²) >= 11 is 0. The van der Waals surface area contributed by atoms with Crippen LogP contribution in [0.5, 0.6) is 5.75 Å². The molecule has 3 heterocycles. The van der Waals surface area contributed by atoms with E-state index in [1.54, 1.807) is 28.9 Å². The third-order valence-electron chi connectivity index (χ3n) is 4.39. The monoisotopic (exact) mass is 366 g/mol. The third kappa shape index (κ3) is 2.41. The second kappa shape index (κ2) is 5.61. The lowest BCUT2D eigenvalue weighted by Crippen LogP contribution is -2.21. The molecule has 26 heavy (non-hydrogen) atoms. The molecule has 1 atom stereocenters. The first-order valence-electron chi connectivity index (χ1n) is 7.73. The van der Waals surface area contributed by atoms with Crippen LogP contribution in [0.4, 0.5) is 0 Å². The summed E-state index contributed by atoms with van der Waals surface area (Å²) in [5, 5.41) is 9.59. The largest absolute Gasteiger partial charge is 0.436 e. The van der Waals surface area contributed by atoms with Gasteiger partial charge in [-0.05, 0) is 23.8 Å². The fourth-order valence-electron chi connectivity index (χ4n) is 3.14. The molecule has 1 aliphatic rings. The smallest absolute Gasteiger partial charge is 0.205 e. The molecule has 1 unspecified atom stereocenters. The molecule has 0 spiro atoms. The highest BCUT2D eigenvalue weighted by molar-refractivity contribution is 7.90. The highest BCUT2D eigenvalue weighted by Crippen LogP contribution is 2.43. The quantitative estimate of drug-likeness (QED) is 0.742. The lowest BCUT2D eigenvalue weighted by atomic mass is 9.84. The molecule has 0 bridgehead atoms. The number of nitriles is 1. The van der Waals surface area contributed by atoms with Crippen molar-refractivity contribution in [3.63, 3.8) is 0 Å². The predicted molar refractivity (Wildman–Crippen MR) is 94.0 cm³/mol. The van der Waals surface area contributed by atoms with Crippen molar-refractivity contribution in [1.29, 1.82) is 5.26 Å². The van der Waals surface area contributed by atoms with Gasteiger partial charge in [0.25, 0.3) is 0 Å². The van der Waals surface area contributed by atoms with E-state index in [0.717, 1.165) is 17.4 Å². The molecule has 0 amide bonds. The Kier molecular flexibility index (Phi) is 3.49. The summed E-state index contributed by atoms with van der Waals surface area (Å²) in [7, 11) is -3.30. The highest BCUT2D eigenvalue weighted by atomic mass is 32.2. The van der Waals surface area contributed by atoms with Crippen molar-refractivity contribution in [3.8, 4) is 11.8 Å². The van der Waals surface area contributed by atoms with Crippen LogP contribution in [0.2, 0.25) is 0 Å². The van der Waals surface area contributed by atoms with E-state index in [-0.39, 0.29) is 16.4 Å². The molecular formula is C18H14N4O3S. The van der Waals surface area contributed by atoms with E-state index < -0.39 is 15.8 Å². The van der Waals surface area contributed by atoms with Gasteiger partial charge in [0.1, 0.15) is 11.6 Å². The number of aromatic nitrogens is 2. The van der Waals surface area contributed by atoms with Gasteiger partial charge < -0.3 is 14.9 Å². The Hall–Kier alpha value is -3.31. The number of rotatable bonds is 2. The summed E-state index contributed by atoms with van der Waals surface area (Å²) < 4.78 is 30.9. The average molecular weight is 366 g/mol. The molecule has 1 aliphatic heterocycles. The zero-order chi connectivity index (χ0) is 18.5. The van der Waals surface area contributed by atoms with Crippen LogP contribution in [0.3, 0.4) is 0 Å². The van der Waals surface area contributed by atoms with Gasteiger partial charge in [0.15, 0.2) is 21.2 Å². The number of ether oxygens (including phenoxy) is 1. The van der Waals surface area contributed by atoms with Crippen LogP contribution < -0.4 is 10.5 Å². The summed E-state index contributed by atoms with van der Waals surface area (Å²) in [6.07, 6.45) is 6.42. The van der Waals surface area contributed by atoms with Gasteiger partial charge in [-0.25, -0.2) is 13.4 Å². The molecule has 0 saturated heterocycles. The fraction of sp³-hybridized carbons (Fsp3) is 0.111. The van der Waals surface area contributed by atoms with Gasteiger partial charge in [0.05, 0.1) is 10.8 Å². The zero-order valence-corrected chi connectivity index (χ0v) is 14.6. The lowest BCUT2D eigenvalue weighted by molar-refractivity contribution is 0.395. The van der Waals surface area contributed by atoms with Crippen LogP contribution in [-0.2, 0) is 9.84 Å². The van der Waals surface area contributed by atoms with Crippen molar-refractivity contribution in [2.45, 2.75) is 10.8 Å². The molecule has 2 aromatic heterocycles. The van der Waals surface area contributed by atoms with Crippen LogP contribution in [0.25, 0.3) is 5.65 Å². The topological polar surface area (TPSA) is 110 Å². The van der Waals surface area contributed by atoms with Crippen LogP contribution in [0, 0.1) is 11.3 Å². The molecule has 4 rings (SSSR count). The maximum absolute atomic E-state index is 11.7. The Morgan fingerprint density at radius 3 is 2.62 bits per heavy atom. The van der Waals surface area contributed by atoms with E-state index in [1.165, 1.54) is 12.1 Å². The number of imidazole rings is 1. The van der Waals surface area contributed by atoms with E-state index in [2.05, 4.69) is 11.1 Å². The Morgan fingerprint density at radius 1 is 1.23 bits per heavy atom. The molecule has 0 fully saturated rings. The molecule has 3 aromatic rings. The Labute approximate surface area is 149 Å². The summed E-state index contributed by atoms with van der Waals surface area (Å²) in [4.78, 5) is 4.50. The minimum Gasteiger partial charge on any atom is -0.436 e. The number of sulfone groups is 1. The van der Waals surface area contributed by atoms with E-state index in [1.807, 2.05) is 12.3 Å². The van der Waals surface area contributed by atoms with E-state index in [9.17, 15) is 13.7 Å². The van der Waals surface area contributed by atoms with E-state index in [0.29, 0.717) is 11.4 Å². The Morgan fingerprint density at radius 2 is 1.96 bits per heavy atom. The summed E-state index contributed by atoms with van der Waals surface area (Å²) in [6, 6.07) is 10.4. The normalized spacial score (nSPS) is 16.8. The SMILES string of the molecule is CS(=O)(=O)c1ccc(C2C(C#N)=C(N)Oc3c2ccn2ccnc32)cc1. The molecular weight excluding hydrogens is 352 g/mol. The minimum absolute atomic E-state index is 0.0216. The second-order valence-corrected chi connectivity index (χ2v) is 8.04. The number of benzene rings is 1. The predicted octanol–water partition coefficient (Wildman–Crippen LogP) is 1.96. The van der Waals surface area contributed by atoms with Crippen molar-refractivity contribution in [3.05, 3.63) is 71.5 Å². The summed E-state index contributed by atoms with van der Waals surface area (Å²) in [5.41, 5.74) is 8.37. The lowest BCUT2D eigenvalue weighted by Gasteiger charge is -2.26. The van der Waals surface area contributed by atoms with Gasteiger partial charge in [-0.15, -0.1) is 0 Å². The summed E-state index contributed by atoms with van der Waals surface area (Å²) in [5.74, 6) is 0.0542. The standard InChI is InChI=1S/C18H14N4O3S/c1-26(23,24)12-4-2-11(3-5-12)15-13-6-8-22-9-7-21-18(22)16(13)25-17(20)14(15)10-19/h2-9,15H,20H2,1H3. The van der Waals surface area contributed by atoms with Gasteiger partial charge in [-0.2, -0.15) is 5.26 Å². The molecule has 0 aliphatic carbocycles. The maximum Gasteiger partial charge on any atom is 0.205 e. The van der Waals surface area contributed by atoms with Crippen LogP contribution >= 0.6 is 0 Å². The number of allylic oxidation sites excluding steroid dienone is 1. The first kappa shape index (κ1) is 16.2. The number of pyridine rings is 1. The van der Waals surface area contributed by atoms with Gasteiger partial charge in [-0.3, -0.25) is 0 Å². The highest BCUT2D eigenvalue weighted by Gasteiger charge is 2.32. The van der Waals surface area contributed by atoms with Crippen LogP contribution in [0.15, 0.2) is 65.3 Å². The minimum atomic E-state index is -3.30. The van der Waals surface area contributed by atoms with Crippen molar-refractivity contribution < 1.29 is 13.2 Å².